The van der Waals surface area contributed by atoms with Gasteiger partial charge in [-0.25, -0.2) is 4.79 Å². The van der Waals surface area contributed by atoms with Crippen LogP contribution < -0.4 is 10.4 Å². The second-order valence-corrected chi connectivity index (χ2v) is 5.72. The van der Waals surface area contributed by atoms with E-state index in [0.717, 1.165) is 12.0 Å². The topological polar surface area (TPSA) is 78.5 Å². The van der Waals surface area contributed by atoms with E-state index in [2.05, 4.69) is 17.5 Å². The van der Waals surface area contributed by atoms with Crippen LogP contribution in [0, 0.1) is 12.8 Å². The maximum atomic E-state index is 12.2. The Bertz CT molecular complexity index is 665. The number of hydrogen-bond donors (Lipinski definition) is 1. The number of rotatable bonds is 3. The van der Waals surface area contributed by atoms with Crippen molar-refractivity contribution < 1.29 is 19.4 Å². The van der Waals surface area contributed by atoms with E-state index in [1.807, 2.05) is 6.07 Å². The van der Waals surface area contributed by atoms with Crippen molar-refractivity contribution in [1.82, 2.24) is 0 Å². The van der Waals surface area contributed by atoms with Crippen molar-refractivity contribution in [3.05, 3.63) is 41.0 Å². The van der Waals surface area contributed by atoms with Gasteiger partial charge in [0.05, 0.1) is 12.6 Å². The molecule has 0 amide bonds. The van der Waals surface area contributed by atoms with E-state index in [1.54, 1.807) is 19.9 Å². The van der Waals surface area contributed by atoms with E-state index in [0.29, 0.717) is 17.9 Å². The van der Waals surface area contributed by atoms with Crippen molar-refractivity contribution in [3.8, 4) is 0 Å². The van der Waals surface area contributed by atoms with Crippen LogP contribution in [0.5, 0.6) is 0 Å². The highest BCUT2D eigenvalue weighted by atomic mass is 16.5. The van der Waals surface area contributed by atoms with E-state index in [-0.39, 0.29) is 23.4 Å². The highest BCUT2D eigenvalue weighted by molar-refractivity contribution is 5.92. The van der Waals surface area contributed by atoms with Crippen LogP contribution in [-0.4, -0.2) is 24.6 Å². The fraction of sp³-hybridized carbons (Fsp3) is 0.412. The van der Waals surface area contributed by atoms with E-state index in [9.17, 15) is 14.7 Å². The molecule has 116 valence electrons. The van der Waals surface area contributed by atoms with Gasteiger partial charge in [-0.2, -0.15) is 0 Å². The van der Waals surface area contributed by atoms with Crippen molar-refractivity contribution >= 4 is 17.6 Å². The Morgan fingerprint density at radius 1 is 1.41 bits per heavy atom. The minimum absolute atomic E-state index is 0.111. The third-order valence-corrected chi connectivity index (χ3v) is 4.56. The molecule has 0 bridgehead atoms. The molecule has 0 fully saturated rings. The van der Waals surface area contributed by atoms with Crippen molar-refractivity contribution in [2.45, 2.75) is 32.2 Å². The zero-order chi connectivity index (χ0) is 15.9. The van der Waals surface area contributed by atoms with Gasteiger partial charge in [0.1, 0.15) is 6.04 Å². The van der Waals surface area contributed by atoms with Crippen LogP contribution in [0.2, 0.25) is 0 Å². The van der Waals surface area contributed by atoms with Crippen LogP contribution in [0.3, 0.4) is 0 Å². The van der Waals surface area contributed by atoms with Crippen LogP contribution in [0.25, 0.3) is 0 Å². The first-order valence-corrected chi connectivity index (χ1v) is 7.49. The third kappa shape index (κ3) is 2.17. The third-order valence-electron chi connectivity index (χ3n) is 4.56. The van der Waals surface area contributed by atoms with Gasteiger partial charge in [0, 0.05) is 23.1 Å². The number of fused-ring (bicyclic) bond motifs is 3. The van der Waals surface area contributed by atoms with Gasteiger partial charge in [-0.15, -0.1) is 0 Å². The van der Waals surface area contributed by atoms with Gasteiger partial charge in [0.2, 0.25) is 0 Å². The lowest BCUT2D eigenvalue weighted by Gasteiger charge is -2.37. The van der Waals surface area contributed by atoms with Gasteiger partial charge in [-0.3, -0.25) is 0 Å². The monoisotopic (exact) mass is 300 g/mol. The average Bonchev–Trinajstić information content (AvgIpc) is 2.96. The molecule has 1 aromatic rings. The molecule has 3 rings (SSSR count). The van der Waals surface area contributed by atoms with Crippen molar-refractivity contribution in [3.63, 3.8) is 0 Å². The number of carbonyl (C=O) groups is 2. The van der Waals surface area contributed by atoms with Crippen molar-refractivity contribution in [1.29, 1.82) is 0 Å². The van der Waals surface area contributed by atoms with Crippen LogP contribution in [0.15, 0.2) is 24.3 Å². The van der Waals surface area contributed by atoms with E-state index in [4.69, 9.17) is 4.74 Å². The number of esters is 1. The molecule has 0 spiro atoms. The minimum atomic E-state index is -1.21. The molecule has 1 aliphatic carbocycles. The van der Waals surface area contributed by atoms with Crippen LogP contribution in [0.4, 0.5) is 5.69 Å². The first-order valence-electron chi connectivity index (χ1n) is 7.49. The predicted molar refractivity (Wildman–Crippen MR) is 79.5 cm³/mol. The Morgan fingerprint density at radius 2 is 2.18 bits per heavy atom. The van der Waals surface area contributed by atoms with Crippen molar-refractivity contribution in [2.24, 2.45) is 5.92 Å². The lowest BCUT2D eigenvalue weighted by molar-refractivity contribution is -0.255. The number of aromatic carboxylic acids is 1. The summed E-state index contributed by atoms with van der Waals surface area (Å²) < 4.78 is 5.16. The fourth-order valence-electron chi connectivity index (χ4n) is 3.50. The number of carboxylic acid groups (broad SMARTS) is 1. The predicted octanol–water partition coefficient (Wildman–Crippen LogP) is 1.38. The average molecular weight is 300 g/mol. The standard InChI is InChI=1S/C17H19NO4/c1-3-22-17(21)15-12-6-4-5-11(12)13-8-7-10(16(19)20)9(2)14(13)18-15/h4-5,7-8,11-12,15,18H,3,6H2,1-2H3,(H,19,20)/p-1/t11-,12-,15+/m0/s1. The molecular formula is C17H18NO4-. The van der Waals surface area contributed by atoms with Gasteiger partial charge in [0.15, 0.2) is 0 Å². The molecule has 0 aromatic heterocycles. The lowest BCUT2D eigenvalue weighted by atomic mass is 9.78. The number of allylic oxidation sites excluding steroid dienone is 2. The first-order chi connectivity index (χ1) is 10.5. The molecule has 1 N–H and O–H groups in total. The van der Waals surface area contributed by atoms with Crippen LogP contribution in [0.1, 0.15) is 40.7 Å². The molecule has 22 heavy (non-hydrogen) atoms. The summed E-state index contributed by atoms with van der Waals surface area (Å²) in [5.74, 6) is -1.27. The highest BCUT2D eigenvalue weighted by Crippen LogP contribution is 2.46. The van der Waals surface area contributed by atoms with Gasteiger partial charge in [-0.05, 0) is 31.4 Å². The number of anilines is 1. The van der Waals surface area contributed by atoms with Gasteiger partial charge < -0.3 is 20.0 Å². The highest BCUT2D eigenvalue weighted by Gasteiger charge is 2.42. The molecule has 5 heteroatoms. The quantitative estimate of drug-likeness (QED) is 0.674. The lowest BCUT2D eigenvalue weighted by Crippen LogP contribution is -2.43. The van der Waals surface area contributed by atoms with Crippen molar-refractivity contribution in [2.75, 3.05) is 11.9 Å². The number of benzene rings is 1. The fourth-order valence-corrected chi connectivity index (χ4v) is 3.50. The summed E-state index contributed by atoms with van der Waals surface area (Å²) in [6.45, 7) is 3.84. The SMILES string of the molecule is CCOC(=O)[C@@H]1Nc2c(ccc(C(=O)[O-])c2C)[C@H]2C=CC[C@@H]21. The molecule has 3 atom stereocenters. The largest absolute Gasteiger partial charge is 0.545 e. The van der Waals surface area contributed by atoms with Gasteiger partial charge in [0.25, 0.3) is 0 Å². The number of hydrogen-bond acceptors (Lipinski definition) is 5. The smallest absolute Gasteiger partial charge is 0.328 e. The molecule has 0 radical (unpaired) electrons. The molecular weight excluding hydrogens is 282 g/mol. The zero-order valence-corrected chi connectivity index (χ0v) is 12.6. The van der Waals surface area contributed by atoms with Crippen LogP contribution >= 0.6 is 0 Å². The van der Waals surface area contributed by atoms with E-state index in [1.165, 1.54) is 0 Å². The zero-order valence-electron chi connectivity index (χ0n) is 12.6. The summed E-state index contributed by atoms with van der Waals surface area (Å²) >= 11 is 0. The molecule has 5 nitrogen and oxygen atoms in total. The second-order valence-electron chi connectivity index (χ2n) is 5.72. The molecule has 1 heterocycles. The minimum Gasteiger partial charge on any atom is -0.545 e. The molecule has 0 saturated heterocycles. The van der Waals surface area contributed by atoms with E-state index < -0.39 is 12.0 Å². The maximum Gasteiger partial charge on any atom is 0.328 e. The summed E-state index contributed by atoms with van der Waals surface area (Å²) in [6, 6.07) is 2.94. The summed E-state index contributed by atoms with van der Waals surface area (Å²) in [5.41, 5.74) is 2.49. The van der Waals surface area contributed by atoms with E-state index >= 15 is 0 Å². The maximum absolute atomic E-state index is 12.2. The molecule has 1 aliphatic heterocycles. The first kappa shape index (κ1) is 14.6. The Labute approximate surface area is 129 Å². The second kappa shape index (κ2) is 5.48. The van der Waals surface area contributed by atoms with Gasteiger partial charge >= 0.3 is 5.97 Å². The number of ether oxygens (including phenoxy) is 1. The molecule has 2 aliphatic rings. The summed E-state index contributed by atoms with van der Waals surface area (Å²) in [6.07, 6.45) is 4.97. The molecule has 1 aromatic carbocycles. The Balaban J connectivity index is 2.06. The normalized spacial score (nSPS) is 25.1. The van der Waals surface area contributed by atoms with Crippen LogP contribution in [-0.2, 0) is 9.53 Å². The Hall–Kier alpha value is -2.30. The molecule has 0 unspecified atom stereocenters. The summed E-state index contributed by atoms with van der Waals surface area (Å²) in [5, 5.41) is 14.4. The Kier molecular flexibility index (Phi) is 3.64. The number of nitrogens with one attached hydrogen (secondary N) is 1. The Morgan fingerprint density at radius 3 is 2.86 bits per heavy atom. The number of carboxylic acids is 1. The number of carbonyl (C=O) groups excluding carboxylic acids is 2. The molecule has 0 saturated carbocycles. The summed E-state index contributed by atoms with van der Waals surface area (Å²) in [4.78, 5) is 23.4. The van der Waals surface area contributed by atoms with Gasteiger partial charge in [-0.1, -0.05) is 24.3 Å². The summed E-state index contributed by atoms with van der Waals surface area (Å²) in [7, 11) is 0.